The smallest absolute Gasteiger partial charge is 0.213 e. The van der Waals surface area contributed by atoms with Crippen LogP contribution in [0.25, 0.3) is 0 Å². The van der Waals surface area contributed by atoms with E-state index < -0.39 is 10.0 Å². The number of sulfonamides is 1. The normalized spacial score (nSPS) is 18.8. The topological polar surface area (TPSA) is 55.2 Å². The minimum absolute atomic E-state index is 0.205. The average molecular weight is 299 g/mol. The summed E-state index contributed by atoms with van der Waals surface area (Å²) in [5, 5.41) is 0. The molecule has 0 amide bonds. The predicted molar refractivity (Wildman–Crippen MR) is 80.1 cm³/mol. The van der Waals surface area contributed by atoms with Crippen molar-refractivity contribution < 1.29 is 8.42 Å². The van der Waals surface area contributed by atoms with Crippen molar-refractivity contribution in [1.29, 1.82) is 0 Å². The Bertz CT molecular complexity index is 528. The van der Waals surface area contributed by atoms with Crippen LogP contribution in [0.1, 0.15) is 45.4 Å². The summed E-state index contributed by atoms with van der Waals surface area (Å²) in [7, 11) is -3.01. The number of rotatable bonds is 5. The molecule has 6 heteroatoms. The van der Waals surface area contributed by atoms with E-state index in [9.17, 15) is 8.42 Å². The second-order valence-electron chi connectivity index (χ2n) is 5.84. The second kappa shape index (κ2) is 6.26. The van der Waals surface area contributed by atoms with Gasteiger partial charge < -0.3 is 4.57 Å². The molecule has 5 nitrogen and oxygen atoms in total. The van der Waals surface area contributed by atoms with Gasteiger partial charge in [-0.15, -0.1) is 0 Å². The Kier molecular flexibility index (Phi) is 4.86. The molecule has 1 aromatic heterocycles. The summed E-state index contributed by atoms with van der Waals surface area (Å²) < 4.78 is 27.5. The summed E-state index contributed by atoms with van der Waals surface area (Å²) >= 11 is 0. The number of nitrogens with zero attached hydrogens (tertiary/aromatic N) is 3. The Morgan fingerprint density at radius 3 is 2.55 bits per heavy atom. The summed E-state index contributed by atoms with van der Waals surface area (Å²) in [5.41, 5.74) is 0. The molecule has 0 aromatic carbocycles. The first-order valence-corrected chi connectivity index (χ1v) is 9.03. The van der Waals surface area contributed by atoms with Gasteiger partial charge in [0.1, 0.15) is 5.82 Å². The van der Waals surface area contributed by atoms with Crippen molar-refractivity contribution in [2.75, 3.05) is 18.8 Å². The zero-order valence-corrected chi connectivity index (χ0v) is 13.4. The standard InChI is InChI=1S/C14H25N3O2S/c1-4-20(18,19)17-8-5-13(6-9-17)11-16-10-7-15-14(16)12(2)3/h7,10,12-13H,4-6,8-9,11H2,1-3H3. The van der Waals surface area contributed by atoms with E-state index in [2.05, 4.69) is 23.4 Å². The quantitative estimate of drug-likeness (QED) is 0.836. The van der Waals surface area contributed by atoms with Gasteiger partial charge in [0.2, 0.25) is 10.0 Å². The first kappa shape index (κ1) is 15.5. The highest BCUT2D eigenvalue weighted by atomic mass is 32.2. The van der Waals surface area contributed by atoms with Gasteiger partial charge in [0.15, 0.2) is 0 Å². The van der Waals surface area contributed by atoms with E-state index in [1.807, 2.05) is 12.4 Å². The van der Waals surface area contributed by atoms with E-state index in [0.29, 0.717) is 24.9 Å². The van der Waals surface area contributed by atoms with Gasteiger partial charge in [-0.3, -0.25) is 0 Å². The zero-order chi connectivity index (χ0) is 14.8. The average Bonchev–Trinajstić information content (AvgIpc) is 2.88. The molecule has 0 N–H and O–H groups in total. The van der Waals surface area contributed by atoms with Crippen LogP contribution in [0.2, 0.25) is 0 Å². The number of hydrogen-bond donors (Lipinski definition) is 0. The third-order valence-electron chi connectivity index (χ3n) is 4.05. The molecule has 0 radical (unpaired) electrons. The van der Waals surface area contributed by atoms with Crippen LogP contribution in [0.5, 0.6) is 0 Å². The van der Waals surface area contributed by atoms with Crippen LogP contribution in [0.4, 0.5) is 0 Å². The van der Waals surface area contributed by atoms with Crippen molar-refractivity contribution in [2.45, 2.75) is 46.1 Å². The maximum atomic E-state index is 11.8. The van der Waals surface area contributed by atoms with Gasteiger partial charge in [-0.1, -0.05) is 13.8 Å². The Balaban J connectivity index is 1.93. The second-order valence-corrected chi connectivity index (χ2v) is 8.09. The molecule has 0 atom stereocenters. The molecule has 1 fully saturated rings. The minimum Gasteiger partial charge on any atom is -0.334 e. The van der Waals surface area contributed by atoms with Crippen molar-refractivity contribution in [3.05, 3.63) is 18.2 Å². The Morgan fingerprint density at radius 2 is 2.00 bits per heavy atom. The van der Waals surface area contributed by atoms with E-state index in [1.165, 1.54) is 0 Å². The van der Waals surface area contributed by atoms with Gasteiger partial charge in [-0.25, -0.2) is 17.7 Å². The molecular weight excluding hydrogens is 274 g/mol. The van der Waals surface area contributed by atoms with E-state index >= 15 is 0 Å². The Morgan fingerprint density at radius 1 is 1.35 bits per heavy atom. The molecule has 2 rings (SSSR count). The first-order valence-electron chi connectivity index (χ1n) is 7.43. The van der Waals surface area contributed by atoms with Crippen molar-refractivity contribution in [2.24, 2.45) is 5.92 Å². The van der Waals surface area contributed by atoms with E-state index in [0.717, 1.165) is 25.2 Å². The van der Waals surface area contributed by atoms with Gasteiger partial charge in [-0.05, 0) is 25.7 Å². The molecule has 0 saturated carbocycles. The molecular formula is C14H25N3O2S. The van der Waals surface area contributed by atoms with Crippen molar-refractivity contribution >= 4 is 10.0 Å². The maximum absolute atomic E-state index is 11.8. The molecule has 0 unspecified atom stereocenters. The van der Waals surface area contributed by atoms with Crippen LogP contribution in [0.3, 0.4) is 0 Å². The summed E-state index contributed by atoms with van der Waals surface area (Å²) in [6, 6.07) is 0. The lowest BCUT2D eigenvalue weighted by atomic mass is 9.98. The van der Waals surface area contributed by atoms with Crippen molar-refractivity contribution in [3.63, 3.8) is 0 Å². The van der Waals surface area contributed by atoms with Crippen molar-refractivity contribution in [3.8, 4) is 0 Å². The van der Waals surface area contributed by atoms with Crippen LogP contribution < -0.4 is 0 Å². The Labute approximate surface area is 122 Å². The molecule has 0 bridgehead atoms. The van der Waals surface area contributed by atoms with Crippen LogP contribution in [-0.4, -0.2) is 41.1 Å². The van der Waals surface area contributed by atoms with E-state index in [1.54, 1.807) is 11.2 Å². The van der Waals surface area contributed by atoms with E-state index in [4.69, 9.17) is 0 Å². The Hall–Kier alpha value is -0.880. The molecule has 1 aromatic rings. The molecule has 1 saturated heterocycles. The highest BCUT2D eigenvalue weighted by Crippen LogP contribution is 2.23. The van der Waals surface area contributed by atoms with Gasteiger partial charge in [0.25, 0.3) is 0 Å². The zero-order valence-electron chi connectivity index (χ0n) is 12.6. The molecule has 2 heterocycles. The molecule has 0 aliphatic carbocycles. The number of piperidine rings is 1. The SMILES string of the molecule is CCS(=O)(=O)N1CCC(Cn2ccnc2C(C)C)CC1. The summed E-state index contributed by atoms with van der Waals surface area (Å²) in [6.45, 7) is 8.28. The third kappa shape index (κ3) is 3.41. The lowest BCUT2D eigenvalue weighted by Gasteiger charge is -2.31. The predicted octanol–water partition coefficient (Wildman–Crippen LogP) is 2.07. The highest BCUT2D eigenvalue weighted by molar-refractivity contribution is 7.89. The molecule has 0 spiro atoms. The van der Waals surface area contributed by atoms with Gasteiger partial charge in [0.05, 0.1) is 5.75 Å². The molecule has 114 valence electrons. The largest absolute Gasteiger partial charge is 0.334 e. The lowest BCUT2D eigenvalue weighted by molar-refractivity contribution is 0.251. The minimum atomic E-state index is -3.01. The fourth-order valence-electron chi connectivity index (χ4n) is 2.81. The highest BCUT2D eigenvalue weighted by Gasteiger charge is 2.27. The summed E-state index contributed by atoms with van der Waals surface area (Å²) in [5.74, 6) is 2.29. The maximum Gasteiger partial charge on any atom is 0.213 e. The first-order chi connectivity index (χ1) is 9.44. The summed E-state index contributed by atoms with van der Waals surface area (Å²) in [4.78, 5) is 4.41. The van der Waals surface area contributed by atoms with Crippen LogP contribution >= 0.6 is 0 Å². The molecule has 1 aliphatic heterocycles. The van der Waals surface area contributed by atoms with Crippen LogP contribution in [0, 0.1) is 5.92 Å². The fourth-order valence-corrected chi connectivity index (χ4v) is 3.94. The van der Waals surface area contributed by atoms with Crippen LogP contribution in [0.15, 0.2) is 12.4 Å². The monoisotopic (exact) mass is 299 g/mol. The number of imidazole rings is 1. The van der Waals surface area contributed by atoms with Crippen molar-refractivity contribution in [1.82, 2.24) is 13.9 Å². The van der Waals surface area contributed by atoms with Gasteiger partial charge >= 0.3 is 0 Å². The van der Waals surface area contributed by atoms with E-state index in [-0.39, 0.29) is 5.75 Å². The van der Waals surface area contributed by atoms with Gasteiger partial charge in [0, 0.05) is 37.9 Å². The fraction of sp³-hybridized carbons (Fsp3) is 0.786. The van der Waals surface area contributed by atoms with Gasteiger partial charge in [-0.2, -0.15) is 0 Å². The number of hydrogen-bond acceptors (Lipinski definition) is 3. The third-order valence-corrected chi connectivity index (χ3v) is 5.93. The van der Waals surface area contributed by atoms with Crippen LogP contribution in [-0.2, 0) is 16.6 Å². The molecule has 20 heavy (non-hydrogen) atoms. The molecule has 1 aliphatic rings. The number of aromatic nitrogens is 2. The summed E-state index contributed by atoms with van der Waals surface area (Å²) in [6.07, 6.45) is 5.76. The lowest BCUT2D eigenvalue weighted by Crippen LogP contribution is -2.40.